The first-order valence-corrected chi connectivity index (χ1v) is 4.98. The zero-order valence-electron chi connectivity index (χ0n) is 8.10. The molecule has 0 bridgehead atoms. The Morgan fingerprint density at radius 3 is 3.20 bits per heavy atom. The van der Waals surface area contributed by atoms with E-state index in [1.807, 2.05) is 0 Å². The van der Waals surface area contributed by atoms with Crippen molar-refractivity contribution in [3.05, 3.63) is 18.0 Å². The molecular weight excluding hydrogens is 214 g/mol. The summed E-state index contributed by atoms with van der Waals surface area (Å²) in [6.07, 6.45) is 3.16. The zero-order valence-corrected chi connectivity index (χ0v) is 8.92. The van der Waals surface area contributed by atoms with Crippen molar-refractivity contribution in [2.75, 3.05) is 13.1 Å². The highest BCUT2D eigenvalue weighted by Gasteiger charge is 2.07. The lowest BCUT2D eigenvalue weighted by Crippen LogP contribution is -2.24. The molecule has 0 radical (unpaired) electrons. The maximum atomic E-state index is 11.3. The number of amides is 1. The van der Waals surface area contributed by atoms with E-state index >= 15 is 0 Å². The molecule has 1 amide bonds. The van der Waals surface area contributed by atoms with Gasteiger partial charge in [0.2, 0.25) is 5.76 Å². The second kappa shape index (κ2) is 6.86. The van der Waals surface area contributed by atoms with Crippen LogP contribution in [0.3, 0.4) is 0 Å². The van der Waals surface area contributed by atoms with Crippen LogP contribution in [-0.4, -0.2) is 29.3 Å². The Balaban J connectivity index is 2.10. The van der Waals surface area contributed by atoms with Crippen LogP contribution in [0.15, 0.2) is 21.8 Å². The number of isothiocyanates is 1. The largest absolute Gasteiger partial charge is 0.351 e. The normalized spacial score (nSPS) is 9.33. The molecule has 0 atom stereocenters. The molecule has 80 valence electrons. The summed E-state index contributed by atoms with van der Waals surface area (Å²) in [6, 6.07) is 1.52. The summed E-state index contributed by atoms with van der Waals surface area (Å²) in [4.78, 5) is 15.1. The van der Waals surface area contributed by atoms with E-state index in [0.717, 1.165) is 12.8 Å². The van der Waals surface area contributed by atoms with Gasteiger partial charge in [-0.15, -0.1) is 0 Å². The maximum absolute atomic E-state index is 11.3. The van der Waals surface area contributed by atoms with Crippen LogP contribution in [0.25, 0.3) is 0 Å². The number of nitrogens with one attached hydrogen (secondary N) is 1. The van der Waals surface area contributed by atoms with Gasteiger partial charge in [0, 0.05) is 19.2 Å². The van der Waals surface area contributed by atoms with Crippen LogP contribution in [0.2, 0.25) is 0 Å². The minimum Gasteiger partial charge on any atom is -0.351 e. The number of rotatable bonds is 6. The second-order valence-electron chi connectivity index (χ2n) is 2.81. The SMILES string of the molecule is O=C(NCCCCN=C=S)c1ccno1. The Labute approximate surface area is 92.6 Å². The van der Waals surface area contributed by atoms with Gasteiger partial charge >= 0.3 is 0 Å². The van der Waals surface area contributed by atoms with Gasteiger partial charge in [0.1, 0.15) is 0 Å². The molecule has 15 heavy (non-hydrogen) atoms. The molecule has 0 saturated heterocycles. The Morgan fingerprint density at radius 1 is 1.67 bits per heavy atom. The minimum atomic E-state index is -0.245. The topological polar surface area (TPSA) is 67.5 Å². The average molecular weight is 225 g/mol. The molecule has 1 rings (SSSR count). The summed E-state index contributed by atoms with van der Waals surface area (Å²) in [5, 5.41) is 8.43. The van der Waals surface area contributed by atoms with Crippen molar-refractivity contribution >= 4 is 23.3 Å². The van der Waals surface area contributed by atoms with Crippen molar-refractivity contribution in [3.8, 4) is 0 Å². The Hall–Kier alpha value is -1.52. The van der Waals surface area contributed by atoms with Crippen LogP contribution >= 0.6 is 12.2 Å². The van der Waals surface area contributed by atoms with Gasteiger partial charge < -0.3 is 9.84 Å². The average Bonchev–Trinajstić information content (AvgIpc) is 2.76. The number of thiocarbonyl (C=S) groups is 1. The predicted octanol–water partition coefficient (Wildman–Crippen LogP) is 1.29. The Kier molecular flexibility index (Phi) is 5.29. The van der Waals surface area contributed by atoms with E-state index in [2.05, 4.69) is 37.4 Å². The lowest BCUT2D eigenvalue weighted by atomic mass is 10.3. The first-order chi connectivity index (χ1) is 7.34. The summed E-state index contributed by atoms with van der Waals surface area (Å²) in [6.45, 7) is 1.24. The van der Waals surface area contributed by atoms with Crippen LogP contribution in [0, 0.1) is 0 Å². The van der Waals surface area contributed by atoms with Gasteiger partial charge in [-0.05, 0) is 25.1 Å². The van der Waals surface area contributed by atoms with Gasteiger partial charge in [-0.1, -0.05) is 5.16 Å². The molecule has 1 heterocycles. The third-order valence-electron chi connectivity index (χ3n) is 1.71. The second-order valence-corrected chi connectivity index (χ2v) is 3.00. The molecule has 0 aliphatic rings. The standard InChI is InChI=1S/C9H11N3O2S/c13-9(8-3-6-12-14-8)11-5-2-1-4-10-7-15/h3,6H,1-2,4-5H2,(H,11,13). The number of carbonyl (C=O) groups excluding carboxylic acids is 1. The van der Waals surface area contributed by atoms with Gasteiger partial charge in [-0.3, -0.25) is 4.79 Å². The molecule has 0 spiro atoms. The van der Waals surface area contributed by atoms with Gasteiger partial charge in [0.25, 0.3) is 5.91 Å². The lowest BCUT2D eigenvalue weighted by molar-refractivity contribution is 0.0916. The van der Waals surface area contributed by atoms with E-state index in [4.69, 9.17) is 0 Å². The van der Waals surface area contributed by atoms with Gasteiger partial charge in [0.05, 0.1) is 11.4 Å². The number of unbranched alkanes of at least 4 members (excludes halogenated alkanes) is 1. The third kappa shape index (κ3) is 4.49. The monoisotopic (exact) mass is 225 g/mol. The fraction of sp³-hybridized carbons (Fsp3) is 0.444. The highest BCUT2D eigenvalue weighted by molar-refractivity contribution is 7.78. The fourth-order valence-corrected chi connectivity index (χ4v) is 1.07. The highest BCUT2D eigenvalue weighted by Crippen LogP contribution is 1.96. The molecule has 0 saturated carbocycles. The summed E-state index contributed by atoms with van der Waals surface area (Å²) in [5.74, 6) is -0.0160. The van der Waals surface area contributed by atoms with Crippen molar-refractivity contribution in [3.63, 3.8) is 0 Å². The number of hydrogen-bond acceptors (Lipinski definition) is 5. The Bertz CT molecular complexity index is 344. The predicted molar refractivity (Wildman–Crippen MR) is 58.0 cm³/mol. The van der Waals surface area contributed by atoms with Gasteiger partial charge in [0.15, 0.2) is 0 Å². The van der Waals surface area contributed by atoms with Crippen molar-refractivity contribution in [2.24, 2.45) is 4.99 Å². The first kappa shape index (κ1) is 11.6. The summed E-state index contributed by atoms with van der Waals surface area (Å²) < 4.78 is 4.69. The van der Waals surface area contributed by atoms with Crippen LogP contribution in [0.5, 0.6) is 0 Å². The molecule has 0 unspecified atom stereocenters. The summed E-state index contributed by atoms with van der Waals surface area (Å²) in [7, 11) is 0. The zero-order chi connectivity index (χ0) is 10.9. The van der Waals surface area contributed by atoms with Crippen molar-refractivity contribution in [1.82, 2.24) is 10.5 Å². The number of nitrogens with zero attached hydrogens (tertiary/aromatic N) is 2. The van der Waals surface area contributed by atoms with Crippen LogP contribution in [0.1, 0.15) is 23.4 Å². The quantitative estimate of drug-likeness (QED) is 0.450. The summed E-state index contributed by atoms with van der Waals surface area (Å²) in [5.41, 5.74) is 0. The number of aromatic nitrogens is 1. The molecule has 0 aromatic carbocycles. The highest BCUT2D eigenvalue weighted by atomic mass is 32.1. The number of carbonyl (C=O) groups is 1. The van der Waals surface area contributed by atoms with E-state index in [0.29, 0.717) is 13.1 Å². The van der Waals surface area contributed by atoms with E-state index in [9.17, 15) is 4.79 Å². The molecule has 1 aromatic rings. The van der Waals surface area contributed by atoms with Crippen LogP contribution < -0.4 is 5.32 Å². The third-order valence-corrected chi connectivity index (χ3v) is 1.84. The number of aliphatic imine (C=N–C) groups is 1. The lowest BCUT2D eigenvalue weighted by Gasteiger charge is -2.00. The molecule has 6 heteroatoms. The smallest absolute Gasteiger partial charge is 0.289 e. The Morgan fingerprint density at radius 2 is 2.53 bits per heavy atom. The van der Waals surface area contributed by atoms with Gasteiger partial charge in [-0.25, -0.2) is 4.99 Å². The van der Waals surface area contributed by atoms with Crippen molar-refractivity contribution < 1.29 is 9.32 Å². The maximum Gasteiger partial charge on any atom is 0.289 e. The fourth-order valence-electron chi connectivity index (χ4n) is 0.983. The number of hydrogen-bond donors (Lipinski definition) is 1. The van der Waals surface area contributed by atoms with Crippen molar-refractivity contribution in [2.45, 2.75) is 12.8 Å². The molecular formula is C9H11N3O2S. The van der Waals surface area contributed by atoms with Crippen molar-refractivity contribution in [1.29, 1.82) is 0 Å². The molecule has 0 fully saturated rings. The van der Waals surface area contributed by atoms with E-state index in [1.165, 1.54) is 12.3 Å². The molecule has 5 nitrogen and oxygen atoms in total. The summed E-state index contributed by atoms with van der Waals surface area (Å²) >= 11 is 4.42. The van der Waals surface area contributed by atoms with E-state index in [1.54, 1.807) is 0 Å². The van der Waals surface area contributed by atoms with Crippen LogP contribution in [0.4, 0.5) is 0 Å². The molecule has 0 aliphatic carbocycles. The van der Waals surface area contributed by atoms with E-state index < -0.39 is 0 Å². The van der Waals surface area contributed by atoms with Gasteiger partial charge in [-0.2, -0.15) is 0 Å². The first-order valence-electron chi connectivity index (χ1n) is 4.57. The molecule has 1 N–H and O–H groups in total. The van der Waals surface area contributed by atoms with Crippen LogP contribution in [-0.2, 0) is 0 Å². The molecule has 0 aliphatic heterocycles. The van der Waals surface area contributed by atoms with E-state index in [-0.39, 0.29) is 11.7 Å². The molecule has 1 aromatic heterocycles. The minimum absolute atomic E-state index is 0.229.